The maximum atomic E-state index is 13.2. The minimum absolute atomic E-state index is 0.112. The van der Waals surface area contributed by atoms with Gasteiger partial charge in [-0.05, 0) is 39.5 Å². The standard InChI is InChI=1S/C21H31N7O3S/c1-14-11-20(26-25-14)24-19-12-18(22-15(2)23-19)17-5-4-8-27(13-17)21(29)16-6-9-28(10-7-16)32(3,30)31/h11-12,16-17H,4-10,13H2,1-3H3,(H2,22,23,24,25,26). The third kappa shape index (κ3) is 5.26. The molecule has 0 aliphatic carbocycles. The van der Waals surface area contributed by atoms with Crippen LogP contribution in [0.3, 0.4) is 0 Å². The smallest absolute Gasteiger partial charge is 0.225 e. The average molecular weight is 462 g/mol. The number of aromatic nitrogens is 4. The molecule has 1 amide bonds. The number of sulfonamides is 1. The zero-order valence-corrected chi connectivity index (χ0v) is 19.7. The predicted octanol–water partition coefficient (Wildman–Crippen LogP) is 1.94. The Morgan fingerprint density at radius 1 is 1.09 bits per heavy atom. The third-order valence-corrected chi connectivity index (χ3v) is 7.55. The Bertz CT molecular complexity index is 1080. The van der Waals surface area contributed by atoms with Crippen molar-refractivity contribution in [3.8, 4) is 0 Å². The lowest BCUT2D eigenvalue weighted by molar-refractivity contribution is -0.138. The van der Waals surface area contributed by atoms with Crippen LogP contribution in [0.5, 0.6) is 0 Å². The normalized spacial score (nSPS) is 21.0. The summed E-state index contributed by atoms with van der Waals surface area (Å²) in [6.45, 7) is 6.00. The predicted molar refractivity (Wildman–Crippen MR) is 121 cm³/mol. The van der Waals surface area contributed by atoms with Gasteiger partial charge in [0.1, 0.15) is 11.6 Å². The quantitative estimate of drug-likeness (QED) is 0.697. The second-order valence-electron chi connectivity index (χ2n) is 8.85. The summed E-state index contributed by atoms with van der Waals surface area (Å²) in [6, 6.07) is 3.85. The lowest BCUT2D eigenvalue weighted by Gasteiger charge is -2.37. The largest absolute Gasteiger partial charge is 0.342 e. The Kier molecular flexibility index (Phi) is 6.47. The first-order chi connectivity index (χ1) is 15.2. The molecule has 2 aliphatic rings. The highest BCUT2D eigenvalue weighted by Crippen LogP contribution is 2.30. The minimum Gasteiger partial charge on any atom is -0.342 e. The number of piperidine rings is 2. The molecule has 32 heavy (non-hydrogen) atoms. The second kappa shape index (κ2) is 9.14. The number of aryl methyl sites for hydroxylation is 2. The highest BCUT2D eigenvalue weighted by molar-refractivity contribution is 7.88. The number of H-pyrrole nitrogens is 1. The Labute approximate surface area is 188 Å². The molecule has 0 spiro atoms. The van der Waals surface area contributed by atoms with Crippen molar-refractivity contribution in [2.75, 3.05) is 37.8 Å². The van der Waals surface area contributed by atoms with Crippen molar-refractivity contribution in [1.82, 2.24) is 29.4 Å². The van der Waals surface area contributed by atoms with Crippen molar-refractivity contribution < 1.29 is 13.2 Å². The van der Waals surface area contributed by atoms with Crippen molar-refractivity contribution in [2.24, 2.45) is 5.92 Å². The monoisotopic (exact) mass is 461 g/mol. The van der Waals surface area contributed by atoms with Gasteiger partial charge in [0.05, 0.1) is 11.9 Å². The summed E-state index contributed by atoms with van der Waals surface area (Å²) in [5.41, 5.74) is 1.89. The topological polar surface area (TPSA) is 124 Å². The van der Waals surface area contributed by atoms with Crippen LogP contribution >= 0.6 is 0 Å². The zero-order valence-electron chi connectivity index (χ0n) is 18.8. The Morgan fingerprint density at radius 3 is 2.50 bits per heavy atom. The van der Waals surface area contributed by atoms with E-state index in [4.69, 9.17) is 0 Å². The molecule has 2 saturated heterocycles. The van der Waals surface area contributed by atoms with E-state index in [-0.39, 0.29) is 17.7 Å². The number of hydrogen-bond acceptors (Lipinski definition) is 7. The molecule has 2 aliphatic heterocycles. The Morgan fingerprint density at radius 2 is 1.84 bits per heavy atom. The van der Waals surface area contributed by atoms with E-state index in [1.807, 2.05) is 30.9 Å². The number of carbonyl (C=O) groups excluding carboxylic acids is 1. The summed E-state index contributed by atoms with van der Waals surface area (Å²) in [6.07, 6.45) is 4.27. The summed E-state index contributed by atoms with van der Waals surface area (Å²) < 4.78 is 25.0. The Balaban J connectivity index is 1.42. The van der Waals surface area contributed by atoms with Crippen molar-refractivity contribution in [3.05, 3.63) is 29.3 Å². The lowest BCUT2D eigenvalue weighted by Crippen LogP contribution is -2.46. The van der Waals surface area contributed by atoms with Crippen molar-refractivity contribution in [1.29, 1.82) is 0 Å². The molecule has 2 aromatic rings. The van der Waals surface area contributed by atoms with Crippen LogP contribution < -0.4 is 5.32 Å². The van der Waals surface area contributed by atoms with E-state index >= 15 is 0 Å². The van der Waals surface area contributed by atoms with Crippen LogP contribution in [-0.2, 0) is 14.8 Å². The summed E-state index contributed by atoms with van der Waals surface area (Å²) in [5, 5.41) is 10.3. The second-order valence-corrected chi connectivity index (χ2v) is 10.8. The highest BCUT2D eigenvalue weighted by atomic mass is 32.2. The first kappa shape index (κ1) is 22.7. The molecule has 2 N–H and O–H groups in total. The summed E-state index contributed by atoms with van der Waals surface area (Å²) in [4.78, 5) is 24.2. The number of nitrogens with one attached hydrogen (secondary N) is 2. The van der Waals surface area contributed by atoms with Crippen LogP contribution in [0.2, 0.25) is 0 Å². The number of likely N-dealkylation sites (tertiary alicyclic amines) is 1. The minimum atomic E-state index is -3.19. The van der Waals surface area contributed by atoms with Gasteiger partial charge in [-0.25, -0.2) is 22.7 Å². The molecule has 0 radical (unpaired) electrons. The van der Waals surface area contributed by atoms with Crippen LogP contribution in [0.1, 0.15) is 48.8 Å². The zero-order chi connectivity index (χ0) is 22.9. The van der Waals surface area contributed by atoms with E-state index in [9.17, 15) is 13.2 Å². The molecule has 4 rings (SSSR count). The average Bonchev–Trinajstić information content (AvgIpc) is 3.17. The van der Waals surface area contributed by atoms with E-state index in [0.29, 0.717) is 49.9 Å². The third-order valence-electron chi connectivity index (χ3n) is 6.24. The van der Waals surface area contributed by atoms with Crippen molar-refractivity contribution in [2.45, 2.75) is 45.4 Å². The number of hydrogen-bond donors (Lipinski definition) is 2. The molecule has 0 saturated carbocycles. The van der Waals surface area contributed by atoms with E-state index < -0.39 is 10.0 Å². The van der Waals surface area contributed by atoms with Gasteiger partial charge in [0.15, 0.2) is 5.82 Å². The molecule has 4 heterocycles. The van der Waals surface area contributed by atoms with Crippen molar-refractivity contribution in [3.63, 3.8) is 0 Å². The van der Waals surface area contributed by atoms with Crippen LogP contribution in [0.4, 0.5) is 11.6 Å². The van der Waals surface area contributed by atoms with Crippen LogP contribution in [-0.4, -0.2) is 76.1 Å². The molecular weight excluding hydrogens is 430 g/mol. The molecular formula is C21H31N7O3S. The number of carbonyl (C=O) groups is 1. The SMILES string of the molecule is Cc1nc(Nc2cc(C)[nH]n2)cc(C2CCCN(C(=O)C3CCN(S(C)(=O)=O)CC3)C2)n1. The fourth-order valence-corrected chi connectivity index (χ4v) is 5.46. The number of aromatic amines is 1. The lowest BCUT2D eigenvalue weighted by atomic mass is 9.91. The summed E-state index contributed by atoms with van der Waals surface area (Å²) >= 11 is 0. The van der Waals surface area contributed by atoms with E-state index in [1.54, 1.807) is 0 Å². The van der Waals surface area contributed by atoms with Gasteiger partial charge in [0.2, 0.25) is 15.9 Å². The highest BCUT2D eigenvalue weighted by Gasteiger charge is 2.34. The maximum Gasteiger partial charge on any atom is 0.225 e. The van der Waals surface area contributed by atoms with Crippen LogP contribution in [0, 0.1) is 19.8 Å². The number of rotatable bonds is 5. The van der Waals surface area contributed by atoms with Gasteiger partial charge in [-0.3, -0.25) is 9.89 Å². The fourth-order valence-electron chi connectivity index (χ4n) is 4.59. The van der Waals surface area contributed by atoms with E-state index in [0.717, 1.165) is 30.8 Å². The molecule has 11 heteroatoms. The first-order valence-corrected chi connectivity index (χ1v) is 12.9. The van der Waals surface area contributed by atoms with Gasteiger partial charge in [-0.1, -0.05) is 0 Å². The summed E-state index contributed by atoms with van der Waals surface area (Å²) in [7, 11) is -3.19. The van der Waals surface area contributed by atoms with Gasteiger partial charge >= 0.3 is 0 Å². The number of nitrogens with zero attached hydrogens (tertiary/aromatic N) is 5. The van der Waals surface area contributed by atoms with Gasteiger partial charge in [0.25, 0.3) is 0 Å². The molecule has 0 aromatic carbocycles. The molecule has 2 aromatic heterocycles. The van der Waals surface area contributed by atoms with Gasteiger partial charge in [0, 0.05) is 55.8 Å². The van der Waals surface area contributed by atoms with Gasteiger partial charge < -0.3 is 10.2 Å². The molecule has 0 bridgehead atoms. The number of anilines is 2. The molecule has 10 nitrogen and oxygen atoms in total. The van der Waals surface area contributed by atoms with Crippen LogP contribution in [0.25, 0.3) is 0 Å². The molecule has 1 atom stereocenters. The summed E-state index contributed by atoms with van der Waals surface area (Å²) in [5.74, 6) is 2.24. The molecule has 1 unspecified atom stereocenters. The van der Waals surface area contributed by atoms with E-state index in [1.165, 1.54) is 10.6 Å². The van der Waals surface area contributed by atoms with E-state index in [2.05, 4.69) is 25.5 Å². The molecule has 174 valence electrons. The fraction of sp³-hybridized carbons (Fsp3) is 0.619. The number of amides is 1. The maximum absolute atomic E-state index is 13.2. The molecule has 2 fully saturated rings. The van der Waals surface area contributed by atoms with Crippen LogP contribution in [0.15, 0.2) is 12.1 Å². The van der Waals surface area contributed by atoms with Gasteiger partial charge in [-0.15, -0.1) is 0 Å². The van der Waals surface area contributed by atoms with Gasteiger partial charge in [-0.2, -0.15) is 5.10 Å². The first-order valence-electron chi connectivity index (χ1n) is 11.1. The Hall–Kier alpha value is -2.53. The van der Waals surface area contributed by atoms with Crippen molar-refractivity contribution >= 4 is 27.6 Å².